The summed E-state index contributed by atoms with van der Waals surface area (Å²) in [6.45, 7) is 1.28. The lowest BCUT2D eigenvalue weighted by atomic mass is 10.3. The Balaban J connectivity index is 1.82. The fourth-order valence-corrected chi connectivity index (χ4v) is 2.87. The Morgan fingerprint density at radius 2 is 1.95 bits per heavy atom. The van der Waals surface area contributed by atoms with E-state index in [1.165, 1.54) is 6.07 Å². The highest BCUT2D eigenvalue weighted by molar-refractivity contribution is 7.99. The van der Waals surface area contributed by atoms with E-state index >= 15 is 0 Å². The largest absolute Gasteiger partial charge is 0.425 e. The van der Waals surface area contributed by atoms with Gasteiger partial charge in [-0.1, -0.05) is 12.2 Å². The second kappa shape index (κ2) is 7.49. The summed E-state index contributed by atoms with van der Waals surface area (Å²) in [5, 5.41) is 0.358. The Bertz CT molecular complexity index is 501. The van der Waals surface area contributed by atoms with Crippen LogP contribution in [0.5, 0.6) is 0 Å². The Hall–Kier alpha value is -0.760. The smallest absolute Gasteiger partial charge is 0.348 e. The molecule has 0 aromatic carbocycles. The van der Waals surface area contributed by atoms with Gasteiger partial charge in [0.1, 0.15) is 4.88 Å². The van der Waals surface area contributed by atoms with Gasteiger partial charge in [0.05, 0.1) is 18.5 Å². The van der Waals surface area contributed by atoms with Crippen molar-refractivity contribution in [1.29, 1.82) is 0 Å². The molecule has 2 nitrogen and oxygen atoms in total. The maximum Gasteiger partial charge on any atom is 0.425 e. The highest BCUT2D eigenvalue weighted by Gasteiger charge is 2.32. The molecule has 0 spiro atoms. The maximum atomic E-state index is 12.4. The minimum absolute atomic E-state index is 0.358. The van der Waals surface area contributed by atoms with Crippen LogP contribution >= 0.6 is 23.1 Å². The maximum absolute atomic E-state index is 12.4. The second-order valence-corrected chi connectivity index (χ2v) is 6.59. The lowest BCUT2D eigenvalue weighted by Gasteiger charge is -2.26. The van der Waals surface area contributed by atoms with E-state index in [2.05, 4.69) is 0 Å². The molecule has 7 heteroatoms. The predicted molar refractivity (Wildman–Crippen MR) is 80.5 cm³/mol. The van der Waals surface area contributed by atoms with Crippen LogP contribution in [-0.2, 0) is 15.7 Å². The van der Waals surface area contributed by atoms with Crippen LogP contribution in [0, 0.1) is 0 Å². The minimum Gasteiger partial charge on any atom is -0.348 e. The number of hydrogen-bond acceptors (Lipinski definition) is 4. The van der Waals surface area contributed by atoms with Crippen molar-refractivity contribution in [1.82, 2.24) is 0 Å². The summed E-state index contributed by atoms with van der Waals surface area (Å²) < 4.78 is 48.2. The molecule has 2 heterocycles. The molecule has 1 aliphatic rings. The summed E-state index contributed by atoms with van der Waals surface area (Å²) in [5.74, 6) is 0. The fourth-order valence-electron chi connectivity index (χ4n) is 1.65. The van der Waals surface area contributed by atoms with Crippen LogP contribution in [0.25, 0.3) is 6.08 Å². The van der Waals surface area contributed by atoms with Gasteiger partial charge >= 0.3 is 6.18 Å². The normalized spacial score (nSPS) is 24.2. The number of allylic oxidation sites excluding steroid dienone is 2. The summed E-state index contributed by atoms with van der Waals surface area (Å²) >= 11 is 2.42. The highest BCUT2D eigenvalue weighted by Crippen LogP contribution is 2.34. The number of rotatable bonds is 4. The van der Waals surface area contributed by atoms with E-state index < -0.39 is 11.1 Å². The molecule has 2 rings (SSSR count). The molecular formula is C14H15F3O2S2. The Morgan fingerprint density at radius 1 is 1.24 bits per heavy atom. The van der Waals surface area contributed by atoms with Crippen molar-refractivity contribution >= 4 is 29.2 Å². The van der Waals surface area contributed by atoms with Gasteiger partial charge in [0.15, 0.2) is 6.29 Å². The van der Waals surface area contributed by atoms with E-state index in [4.69, 9.17) is 9.47 Å². The molecule has 0 amide bonds. The molecule has 1 aromatic rings. The zero-order valence-corrected chi connectivity index (χ0v) is 12.9. The van der Waals surface area contributed by atoms with Crippen LogP contribution in [0.2, 0.25) is 0 Å². The molecule has 0 atom stereocenters. The molecule has 0 unspecified atom stereocenters. The van der Waals surface area contributed by atoms with Crippen molar-refractivity contribution in [2.45, 2.75) is 17.7 Å². The summed E-state index contributed by atoms with van der Waals surface area (Å²) in [6, 6.07) is 2.54. The van der Waals surface area contributed by atoms with Crippen LogP contribution in [0.1, 0.15) is 9.75 Å². The van der Waals surface area contributed by atoms with E-state index in [-0.39, 0.29) is 6.29 Å². The van der Waals surface area contributed by atoms with Crippen molar-refractivity contribution in [2.75, 3.05) is 19.5 Å². The number of halogens is 3. The number of hydrogen-bond donors (Lipinski definition) is 0. The highest BCUT2D eigenvalue weighted by atomic mass is 32.2. The number of thiophene rings is 1. The Kier molecular flexibility index (Phi) is 5.92. The van der Waals surface area contributed by atoms with Crippen LogP contribution in [-0.4, -0.2) is 31.0 Å². The molecule has 21 heavy (non-hydrogen) atoms. The molecule has 0 saturated carbocycles. The van der Waals surface area contributed by atoms with Crippen molar-refractivity contribution in [2.24, 2.45) is 0 Å². The average molecular weight is 336 g/mol. The molecule has 1 aromatic heterocycles. The van der Waals surface area contributed by atoms with Gasteiger partial charge in [0, 0.05) is 4.88 Å². The van der Waals surface area contributed by atoms with E-state index in [1.807, 2.05) is 6.26 Å². The van der Waals surface area contributed by atoms with Gasteiger partial charge in [-0.05, 0) is 30.5 Å². The second-order valence-electron chi connectivity index (χ2n) is 4.34. The summed E-state index contributed by atoms with van der Waals surface area (Å²) in [5.41, 5.74) is 0. The van der Waals surface area contributed by atoms with E-state index in [1.54, 1.807) is 36.1 Å². The topological polar surface area (TPSA) is 18.5 Å². The lowest BCUT2D eigenvalue weighted by molar-refractivity contribution is -0.146. The van der Waals surface area contributed by atoms with Crippen molar-refractivity contribution < 1.29 is 22.6 Å². The first-order valence-electron chi connectivity index (χ1n) is 6.27. The molecule has 1 saturated heterocycles. The first-order valence-corrected chi connectivity index (χ1v) is 8.37. The van der Waals surface area contributed by atoms with Crippen LogP contribution in [0.15, 0.2) is 30.4 Å². The van der Waals surface area contributed by atoms with E-state index in [9.17, 15) is 13.2 Å². The number of ether oxygens (including phenoxy) is 2. The molecule has 0 N–H and O–H groups in total. The third-order valence-electron chi connectivity index (χ3n) is 2.77. The van der Waals surface area contributed by atoms with Gasteiger partial charge in [-0.15, -0.1) is 11.3 Å². The first kappa shape index (κ1) is 16.6. The zero-order chi connectivity index (χ0) is 15.3. The van der Waals surface area contributed by atoms with Crippen molar-refractivity contribution in [3.8, 4) is 0 Å². The standard InChI is InChI=1S/C14H15F3O2S2/c1-20-11-8-18-13(19-9-11)5-3-2-4-10-6-7-12(21-10)14(15,16)17/h2-7,11,13H,8-9H2,1H3. The van der Waals surface area contributed by atoms with Crippen LogP contribution < -0.4 is 0 Å². The zero-order valence-electron chi connectivity index (χ0n) is 11.3. The first-order chi connectivity index (χ1) is 9.99. The molecule has 0 aliphatic carbocycles. The minimum atomic E-state index is -4.27. The van der Waals surface area contributed by atoms with Gasteiger partial charge in [-0.25, -0.2) is 0 Å². The molecule has 1 fully saturated rings. The van der Waals surface area contributed by atoms with Gasteiger partial charge in [0.25, 0.3) is 0 Å². The molecule has 0 bridgehead atoms. The Morgan fingerprint density at radius 3 is 2.52 bits per heavy atom. The van der Waals surface area contributed by atoms with Gasteiger partial charge in [0.2, 0.25) is 0 Å². The third-order valence-corrected chi connectivity index (χ3v) is 4.81. The third kappa shape index (κ3) is 5.18. The fraction of sp³-hybridized carbons (Fsp3) is 0.429. The number of thioether (sulfide) groups is 1. The summed E-state index contributed by atoms with van der Waals surface area (Å²) in [4.78, 5) is -0.0342. The van der Waals surface area contributed by atoms with Crippen LogP contribution in [0.4, 0.5) is 13.2 Å². The van der Waals surface area contributed by atoms with Crippen molar-refractivity contribution in [3.63, 3.8) is 0 Å². The van der Waals surface area contributed by atoms with Crippen LogP contribution in [0.3, 0.4) is 0 Å². The Labute approximate surface area is 129 Å². The molecule has 0 radical (unpaired) electrons. The average Bonchev–Trinajstić information content (AvgIpc) is 2.93. The predicted octanol–water partition coefficient (Wildman–Crippen LogP) is 4.44. The molecule has 1 aliphatic heterocycles. The van der Waals surface area contributed by atoms with E-state index in [0.717, 1.165) is 17.4 Å². The van der Waals surface area contributed by atoms with Crippen molar-refractivity contribution in [3.05, 3.63) is 40.1 Å². The SMILES string of the molecule is CSC1COC(C=CC=Cc2ccc(C(F)(F)F)s2)OC1. The monoisotopic (exact) mass is 336 g/mol. The molecular weight excluding hydrogens is 321 g/mol. The van der Waals surface area contributed by atoms with Gasteiger partial charge in [-0.3, -0.25) is 0 Å². The van der Waals surface area contributed by atoms with Gasteiger partial charge in [-0.2, -0.15) is 24.9 Å². The number of alkyl halides is 3. The molecule has 116 valence electrons. The lowest BCUT2D eigenvalue weighted by Crippen LogP contribution is -2.32. The quantitative estimate of drug-likeness (QED) is 0.757. The van der Waals surface area contributed by atoms with E-state index in [0.29, 0.717) is 23.3 Å². The summed E-state index contributed by atoms with van der Waals surface area (Å²) in [6.07, 6.45) is 4.12. The van der Waals surface area contributed by atoms with Gasteiger partial charge < -0.3 is 9.47 Å². The summed E-state index contributed by atoms with van der Waals surface area (Å²) in [7, 11) is 0.